The highest BCUT2D eigenvalue weighted by Gasteiger charge is 2.99. The highest BCUT2D eigenvalue weighted by atomic mass is 32.2. The normalized spacial score (nSPS) is 47.6. The molecule has 6 heteroatoms. The molecule has 5 nitrogen and oxygen atoms in total. The summed E-state index contributed by atoms with van der Waals surface area (Å²) in [5, 5.41) is 18.9. The number of ether oxygens (including phenoxy) is 1. The molecule has 4 rings (SSSR count). The Kier molecular flexibility index (Phi) is 2.19. The second-order valence-electron chi connectivity index (χ2n) is 6.14. The lowest BCUT2D eigenvalue weighted by molar-refractivity contribution is 0.00296. The summed E-state index contributed by atoms with van der Waals surface area (Å²) in [5.41, 5.74) is 4.02. The summed E-state index contributed by atoms with van der Waals surface area (Å²) >= 11 is 1.55. The third-order valence-electron chi connectivity index (χ3n) is 5.78. The molecule has 0 aromatic heterocycles. The molecule has 104 valence electrons. The third kappa shape index (κ3) is 0.880. The third-order valence-corrected chi connectivity index (χ3v) is 7.06. The van der Waals surface area contributed by atoms with Gasteiger partial charge in [-0.2, -0.15) is 10.5 Å². The van der Waals surface area contributed by atoms with Gasteiger partial charge in [0.15, 0.2) is 5.41 Å². The van der Waals surface area contributed by atoms with Gasteiger partial charge in [-0.3, -0.25) is 0 Å². The molecule has 0 aromatic rings. The van der Waals surface area contributed by atoms with Crippen molar-refractivity contribution in [2.24, 2.45) is 27.0 Å². The zero-order valence-electron chi connectivity index (χ0n) is 11.2. The van der Waals surface area contributed by atoms with Crippen LogP contribution in [0.4, 0.5) is 0 Å². The lowest BCUT2D eigenvalue weighted by Gasteiger charge is -2.33. The lowest BCUT2D eigenvalue weighted by atomic mass is 9.77. The molecule has 0 bridgehead atoms. The summed E-state index contributed by atoms with van der Waals surface area (Å²) < 4.78 is 5.90. The van der Waals surface area contributed by atoms with Crippen LogP contribution in [0, 0.1) is 38.9 Å². The Labute approximate surface area is 122 Å². The fourth-order valence-electron chi connectivity index (χ4n) is 5.09. The van der Waals surface area contributed by atoms with Gasteiger partial charge >= 0.3 is 0 Å². The van der Waals surface area contributed by atoms with Crippen molar-refractivity contribution in [2.75, 3.05) is 12.4 Å². The van der Waals surface area contributed by atoms with Crippen LogP contribution in [-0.2, 0) is 4.74 Å². The monoisotopic (exact) mass is 288 g/mol. The van der Waals surface area contributed by atoms with Crippen molar-refractivity contribution in [3.63, 3.8) is 0 Å². The maximum absolute atomic E-state index is 10.0. The Morgan fingerprint density at radius 2 is 1.95 bits per heavy atom. The van der Waals surface area contributed by atoms with E-state index in [0.29, 0.717) is 12.4 Å². The number of hydrogen-bond acceptors (Lipinski definition) is 6. The Morgan fingerprint density at radius 3 is 2.50 bits per heavy atom. The first-order valence-corrected chi connectivity index (χ1v) is 8.11. The largest absolute Gasteiger partial charge is 0.386 e. The highest BCUT2D eigenvalue weighted by molar-refractivity contribution is 8.00. The van der Waals surface area contributed by atoms with Crippen LogP contribution in [0.1, 0.15) is 32.1 Å². The second kappa shape index (κ2) is 3.50. The van der Waals surface area contributed by atoms with Gasteiger partial charge in [0.1, 0.15) is 11.3 Å². The summed E-state index contributed by atoms with van der Waals surface area (Å²) in [5.74, 6) is 1.13. The van der Waals surface area contributed by atoms with Gasteiger partial charge in [0.05, 0.1) is 18.7 Å². The summed E-state index contributed by atoms with van der Waals surface area (Å²) in [7, 11) is 0. The molecule has 0 amide bonds. The molecule has 2 aliphatic heterocycles. The van der Waals surface area contributed by atoms with Crippen LogP contribution in [0.15, 0.2) is 4.99 Å². The lowest BCUT2D eigenvalue weighted by Crippen LogP contribution is -2.38. The fourth-order valence-corrected chi connectivity index (χ4v) is 6.48. The van der Waals surface area contributed by atoms with Crippen molar-refractivity contribution in [3.05, 3.63) is 0 Å². The minimum absolute atomic E-state index is 0.331. The van der Waals surface area contributed by atoms with Crippen LogP contribution in [0.5, 0.6) is 0 Å². The number of nitrogens with zero attached hydrogens (tertiary/aromatic N) is 3. The Balaban J connectivity index is 1.95. The standard InChI is InChI=1S/C14H16N4OS/c15-8-12-10(17)18-14(19-6-7-20-14)13(12,9-16)11(12)4-2-1-3-5-11/h1-7H2,(H2,17,18)/t12-,13+,14+/m0/s1. The number of thioether (sulfide) groups is 1. The van der Waals surface area contributed by atoms with Crippen LogP contribution in [0.3, 0.4) is 0 Å². The molecule has 1 saturated heterocycles. The van der Waals surface area contributed by atoms with Crippen LogP contribution < -0.4 is 5.73 Å². The van der Waals surface area contributed by atoms with Gasteiger partial charge < -0.3 is 10.5 Å². The van der Waals surface area contributed by atoms with Crippen molar-refractivity contribution in [3.8, 4) is 12.1 Å². The van der Waals surface area contributed by atoms with Gasteiger partial charge in [-0.05, 0) is 12.8 Å². The number of rotatable bonds is 0. The predicted octanol–water partition coefficient (Wildman–Crippen LogP) is 1.76. The number of aliphatic imine (C=N–C) groups is 1. The number of nitriles is 2. The van der Waals surface area contributed by atoms with Gasteiger partial charge in [-0.1, -0.05) is 31.0 Å². The minimum atomic E-state index is -0.932. The Hall–Kier alpha value is -1.24. The highest BCUT2D eigenvalue weighted by Crippen LogP contribution is 2.90. The number of nitrogens with two attached hydrogens (primary N) is 1. The van der Waals surface area contributed by atoms with E-state index in [-0.39, 0.29) is 5.41 Å². The molecule has 0 radical (unpaired) electrons. The molecule has 0 unspecified atom stereocenters. The van der Waals surface area contributed by atoms with Crippen molar-refractivity contribution in [2.45, 2.75) is 37.2 Å². The molecule has 4 aliphatic rings. The summed E-state index contributed by atoms with van der Waals surface area (Å²) in [4.78, 5) is 4.48. The molecular formula is C14H16N4OS. The van der Waals surface area contributed by atoms with Crippen molar-refractivity contribution in [1.82, 2.24) is 0 Å². The summed E-state index contributed by atoms with van der Waals surface area (Å²) in [6.45, 7) is 0.572. The van der Waals surface area contributed by atoms with Crippen LogP contribution in [0.25, 0.3) is 0 Å². The van der Waals surface area contributed by atoms with E-state index in [9.17, 15) is 10.5 Å². The molecule has 3 atom stereocenters. The first-order chi connectivity index (χ1) is 9.66. The number of hydrogen-bond donors (Lipinski definition) is 1. The van der Waals surface area contributed by atoms with E-state index < -0.39 is 15.9 Å². The van der Waals surface area contributed by atoms with Crippen LogP contribution in [0.2, 0.25) is 0 Å². The summed E-state index contributed by atoms with van der Waals surface area (Å²) in [6, 6.07) is 4.86. The molecule has 20 heavy (non-hydrogen) atoms. The molecular weight excluding hydrogens is 272 g/mol. The molecule has 2 saturated carbocycles. The number of amidine groups is 1. The minimum Gasteiger partial charge on any atom is -0.386 e. The van der Waals surface area contributed by atoms with Crippen LogP contribution in [-0.4, -0.2) is 23.3 Å². The topological polar surface area (TPSA) is 95.2 Å². The molecule has 0 aromatic carbocycles. The second-order valence-corrected chi connectivity index (χ2v) is 7.39. The van der Waals surface area contributed by atoms with Gasteiger partial charge in [-0.25, -0.2) is 4.99 Å². The van der Waals surface area contributed by atoms with Gasteiger partial charge in [0.2, 0.25) is 5.06 Å². The summed E-state index contributed by atoms with van der Waals surface area (Å²) in [6.07, 6.45) is 5.05. The van der Waals surface area contributed by atoms with Crippen molar-refractivity contribution in [1.29, 1.82) is 10.5 Å². The maximum Gasteiger partial charge on any atom is 0.230 e. The zero-order chi connectivity index (χ0) is 14.1. The molecule has 2 spiro atoms. The van der Waals surface area contributed by atoms with Gasteiger partial charge in [0, 0.05) is 11.2 Å². The average Bonchev–Trinajstić information content (AvgIpc) is 2.77. The zero-order valence-corrected chi connectivity index (χ0v) is 12.0. The predicted molar refractivity (Wildman–Crippen MR) is 74.4 cm³/mol. The quantitative estimate of drug-likeness (QED) is 0.732. The number of fused-ring (bicyclic) bond motifs is 4. The maximum atomic E-state index is 10.0. The average molecular weight is 288 g/mol. The van der Waals surface area contributed by atoms with E-state index in [2.05, 4.69) is 17.1 Å². The van der Waals surface area contributed by atoms with E-state index in [1.165, 1.54) is 6.42 Å². The first-order valence-electron chi connectivity index (χ1n) is 7.13. The van der Waals surface area contributed by atoms with E-state index in [4.69, 9.17) is 10.5 Å². The smallest absolute Gasteiger partial charge is 0.230 e. The first kappa shape index (κ1) is 12.5. The van der Waals surface area contributed by atoms with Crippen molar-refractivity contribution < 1.29 is 4.74 Å². The Morgan fingerprint density at radius 1 is 1.20 bits per heavy atom. The van der Waals surface area contributed by atoms with E-state index in [0.717, 1.165) is 31.4 Å². The van der Waals surface area contributed by atoms with E-state index >= 15 is 0 Å². The van der Waals surface area contributed by atoms with Gasteiger partial charge in [-0.15, -0.1) is 0 Å². The molecule has 2 heterocycles. The molecule has 2 N–H and O–H groups in total. The van der Waals surface area contributed by atoms with Crippen LogP contribution >= 0.6 is 11.8 Å². The Bertz CT molecular complexity index is 591. The SMILES string of the molecule is N#C[C@@]12C3(CCCCC3)[C@]1(C#N)C(N)=N[C@@]21OCCS1. The van der Waals surface area contributed by atoms with Gasteiger partial charge in [0.25, 0.3) is 0 Å². The molecule has 2 aliphatic carbocycles. The van der Waals surface area contributed by atoms with Crippen molar-refractivity contribution >= 4 is 17.6 Å². The van der Waals surface area contributed by atoms with E-state index in [1.807, 2.05) is 0 Å². The van der Waals surface area contributed by atoms with E-state index in [1.54, 1.807) is 11.8 Å². The fraction of sp³-hybridized carbons (Fsp3) is 0.786. The molecule has 3 fully saturated rings.